The minimum atomic E-state index is -0.356. The van der Waals surface area contributed by atoms with Gasteiger partial charge in [0.25, 0.3) is 0 Å². The first-order valence-electron chi connectivity index (χ1n) is 8.70. The first kappa shape index (κ1) is 16.2. The van der Waals surface area contributed by atoms with Crippen LogP contribution in [0.1, 0.15) is 20.3 Å². The van der Waals surface area contributed by atoms with Crippen molar-refractivity contribution in [1.29, 1.82) is 0 Å². The van der Waals surface area contributed by atoms with Crippen LogP contribution in [0.15, 0.2) is 24.3 Å². The lowest BCUT2D eigenvalue weighted by Gasteiger charge is -2.54. The molecule has 2 N–H and O–H groups in total. The van der Waals surface area contributed by atoms with Crippen LogP contribution in [0.3, 0.4) is 0 Å². The van der Waals surface area contributed by atoms with E-state index in [9.17, 15) is 9.59 Å². The van der Waals surface area contributed by atoms with E-state index < -0.39 is 0 Å². The Morgan fingerprint density at radius 2 is 2.16 bits per heavy atom. The van der Waals surface area contributed by atoms with E-state index in [0.29, 0.717) is 30.4 Å². The molecule has 134 valence electrons. The lowest BCUT2D eigenvalue weighted by Crippen LogP contribution is -2.67. The fraction of sp³-hybridized carbons (Fsp3) is 0.556. The predicted molar refractivity (Wildman–Crippen MR) is 92.7 cm³/mol. The Morgan fingerprint density at radius 1 is 1.32 bits per heavy atom. The Balaban J connectivity index is 1.40. The van der Waals surface area contributed by atoms with Crippen LogP contribution in [0, 0.1) is 11.3 Å². The predicted octanol–water partition coefficient (Wildman–Crippen LogP) is 2.58. The summed E-state index contributed by atoms with van der Waals surface area (Å²) in [5.74, 6) is 0.395. The van der Waals surface area contributed by atoms with Gasteiger partial charge in [-0.3, -0.25) is 4.90 Å². The van der Waals surface area contributed by atoms with Crippen LogP contribution in [-0.2, 0) is 9.47 Å². The van der Waals surface area contributed by atoms with E-state index in [2.05, 4.69) is 24.5 Å². The van der Waals surface area contributed by atoms with Crippen molar-refractivity contribution in [3.8, 4) is 0 Å². The lowest BCUT2D eigenvalue weighted by molar-refractivity contribution is -0.107. The molecule has 0 unspecified atom stereocenters. The molecule has 4 rings (SSSR count). The number of cyclic esters (lactones) is 1. The van der Waals surface area contributed by atoms with E-state index >= 15 is 0 Å². The minimum absolute atomic E-state index is 0.0559. The van der Waals surface area contributed by atoms with E-state index in [1.165, 1.54) is 0 Å². The van der Waals surface area contributed by atoms with Crippen LogP contribution in [0.5, 0.6) is 0 Å². The van der Waals surface area contributed by atoms with Crippen molar-refractivity contribution >= 4 is 23.5 Å². The molecule has 0 aromatic heterocycles. The number of anilines is 2. The van der Waals surface area contributed by atoms with Crippen LogP contribution in [-0.4, -0.2) is 44.0 Å². The molecule has 7 heteroatoms. The number of nitrogens with one attached hydrogen (secondary N) is 2. The fourth-order valence-electron chi connectivity index (χ4n) is 4.31. The second-order valence-corrected chi connectivity index (χ2v) is 7.46. The molecule has 1 saturated carbocycles. The third-order valence-electron chi connectivity index (χ3n) is 5.56. The Hall–Kier alpha value is -2.28. The van der Waals surface area contributed by atoms with Gasteiger partial charge in [-0.2, -0.15) is 0 Å². The zero-order valence-corrected chi connectivity index (χ0v) is 14.5. The summed E-state index contributed by atoms with van der Waals surface area (Å²) in [6.07, 6.45) is 0.874. The van der Waals surface area contributed by atoms with Gasteiger partial charge < -0.3 is 20.1 Å². The van der Waals surface area contributed by atoms with Crippen molar-refractivity contribution < 1.29 is 19.1 Å². The van der Waals surface area contributed by atoms with Crippen LogP contribution in [0.2, 0.25) is 0 Å². The molecule has 0 radical (unpaired) electrons. The van der Waals surface area contributed by atoms with Gasteiger partial charge in [0.2, 0.25) is 0 Å². The van der Waals surface area contributed by atoms with Gasteiger partial charge in [0.15, 0.2) is 0 Å². The second-order valence-electron chi connectivity index (χ2n) is 7.46. The maximum absolute atomic E-state index is 12.4. The maximum Gasteiger partial charge on any atom is 0.414 e. The van der Waals surface area contributed by atoms with E-state index in [-0.39, 0.29) is 29.7 Å². The third kappa shape index (κ3) is 2.72. The van der Waals surface area contributed by atoms with Crippen molar-refractivity contribution in [2.45, 2.75) is 32.4 Å². The van der Waals surface area contributed by atoms with E-state index in [1.54, 1.807) is 17.0 Å². The topological polar surface area (TPSA) is 79.9 Å². The summed E-state index contributed by atoms with van der Waals surface area (Å²) in [4.78, 5) is 25.6. The molecular formula is C18H23N3O4. The molecule has 3 fully saturated rings. The molecule has 3 aliphatic rings. The number of amides is 3. The van der Waals surface area contributed by atoms with Gasteiger partial charge in [0, 0.05) is 35.4 Å². The van der Waals surface area contributed by atoms with Gasteiger partial charge in [-0.25, -0.2) is 9.59 Å². The number of carbonyl (C=O) groups excluding carboxylic acids is 2. The van der Waals surface area contributed by atoms with Gasteiger partial charge in [-0.1, -0.05) is 19.9 Å². The molecule has 0 spiro atoms. The number of nitrogens with zero attached hydrogens (tertiary/aromatic N) is 1. The fourth-order valence-corrected chi connectivity index (χ4v) is 4.31. The summed E-state index contributed by atoms with van der Waals surface area (Å²) in [5, 5.41) is 5.96. The van der Waals surface area contributed by atoms with Gasteiger partial charge in [0.05, 0.1) is 12.6 Å². The molecular weight excluding hydrogens is 322 g/mol. The van der Waals surface area contributed by atoms with Crippen LogP contribution < -0.4 is 15.5 Å². The van der Waals surface area contributed by atoms with Crippen LogP contribution in [0.25, 0.3) is 0 Å². The maximum atomic E-state index is 12.4. The highest BCUT2D eigenvalue weighted by molar-refractivity contribution is 5.93. The largest absolute Gasteiger partial charge is 0.447 e. The highest BCUT2D eigenvalue weighted by atomic mass is 16.6. The summed E-state index contributed by atoms with van der Waals surface area (Å²) < 4.78 is 10.7. The Morgan fingerprint density at radius 3 is 2.92 bits per heavy atom. The molecule has 0 bridgehead atoms. The molecule has 2 aliphatic heterocycles. The van der Waals surface area contributed by atoms with E-state index in [1.807, 2.05) is 12.1 Å². The number of benzene rings is 1. The molecule has 25 heavy (non-hydrogen) atoms. The Kier molecular flexibility index (Phi) is 3.83. The van der Waals surface area contributed by atoms with Gasteiger partial charge in [-0.15, -0.1) is 0 Å². The van der Waals surface area contributed by atoms with Gasteiger partial charge >= 0.3 is 12.1 Å². The summed E-state index contributed by atoms with van der Waals surface area (Å²) in [6.45, 7) is 5.94. The number of ether oxygens (including phenoxy) is 2. The minimum Gasteiger partial charge on any atom is -0.447 e. The lowest BCUT2D eigenvalue weighted by atomic mass is 9.57. The van der Waals surface area contributed by atoms with Crippen molar-refractivity contribution in [2.24, 2.45) is 11.3 Å². The number of rotatable bonds is 3. The van der Waals surface area contributed by atoms with Crippen molar-refractivity contribution in [1.82, 2.24) is 5.32 Å². The van der Waals surface area contributed by atoms with E-state index in [4.69, 9.17) is 9.47 Å². The third-order valence-corrected chi connectivity index (χ3v) is 5.56. The van der Waals surface area contributed by atoms with Crippen molar-refractivity contribution in [3.63, 3.8) is 0 Å². The molecule has 3 amide bonds. The molecule has 1 aromatic carbocycles. The average molecular weight is 345 g/mol. The summed E-state index contributed by atoms with van der Waals surface area (Å²) in [7, 11) is 0. The number of urea groups is 1. The van der Waals surface area contributed by atoms with Crippen molar-refractivity contribution in [3.05, 3.63) is 24.3 Å². The average Bonchev–Trinajstić information content (AvgIpc) is 3.20. The normalized spacial score (nSPS) is 29.6. The highest BCUT2D eigenvalue weighted by Crippen LogP contribution is 2.52. The quantitative estimate of drug-likeness (QED) is 0.882. The molecule has 1 aromatic rings. The molecule has 1 aliphatic carbocycles. The van der Waals surface area contributed by atoms with Crippen molar-refractivity contribution in [2.75, 3.05) is 30.0 Å². The zero-order valence-electron chi connectivity index (χ0n) is 14.5. The molecule has 3 atom stereocenters. The molecule has 2 saturated heterocycles. The summed E-state index contributed by atoms with van der Waals surface area (Å²) in [6, 6.07) is 7.09. The first-order chi connectivity index (χ1) is 12.0. The number of hydrogen-bond acceptors (Lipinski definition) is 4. The number of fused-ring (bicyclic) bond motifs is 1. The Bertz CT molecular complexity index is 705. The SMILES string of the molecule is CC1(C)[C@H](NC(=O)Nc2cccc(N3CCOC3=O)c2)[C@H]2CCO[C@H]21. The number of hydrogen-bond donors (Lipinski definition) is 2. The zero-order chi connectivity index (χ0) is 17.6. The van der Waals surface area contributed by atoms with E-state index in [0.717, 1.165) is 13.0 Å². The monoisotopic (exact) mass is 345 g/mol. The summed E-state index contributed by atoms with van der Waals surface area (Å²) >= 11 is 0. The molecule has 2 heterocycles. The number of carbonyl (C=O) groups is 2. The van der Waals surface area contributed by atoms with Crippen LogP contribution in [0.4, 0.5) is 21.0 Å². The Labute approximate surface area is 146 Å². The first-order valence-corrected chi connectivity index (χ1v) is 8.70. The smallest absolute Gasteiger partial charge is 0.414 e. The van der Waals surface area contributed by atoms with Gasteiger partial charge in [0.1, 0.15) is 6.61 Å². The van der Waals surface area contributed by atoms with Gasteiger partial charge in [-0.05, 0) is 24.6 Å². The van der Waals surface area contributed by atoms with Crippen LogP contribution >= 0.6 is 0 Å². The summed E-state index contributed by atoms with van der Waals surface area (Å²) in [5.41, 5.74) is 1.30. The second kappa shape index (κ2) is 5.91. The highest BCUT2D eigenvalue weighted by Gasteiger charge is 2.59. The standard InChI is InChI=1S/C18H23N3O4/c1-18(2)14(13-6-8-24-15(13)18)20-16(22)19-11-4-3-5-12(10-11)21-7-9-25-17(21)23/h3-5,10,13-15H,6-9H2,1-2H3,(H2,19,20,22)/t13-,14-,15-/m1/s1. The molecule has 7 nitrogen and oxygen atoms in total.